The predicted octanol–water partition coefficient (Wildman–Crippen LogP) is 3.29. The lowest BCUT2D eigenvalue weighted by atomic mass is 10.2. The summed E-state index contributed by atoms with van der Waals surface area (Å²) in [6.45, 7) is 0. The van der Waals surface area contributed by atoms with Crippen molar-refractivity contribution in [2.75, 3.05) is 0 Å². The number of nitrogens with zero attached hydrogens (tertiary/aromatic N) is 1. The van der Waals surface area contributed by atoms with Crippen LogP contribution in [0.15, 0.2) is 6.20 Å². The van der Waals surface area contributed by atoms with Gasteiger partial charge in [0.25, 0.3) is 0 Å². The van der Waals surface area contributed by atoms with E-state index in [1.807, 2.05) is 0 Å². The molecule has 1 rings (SSSR count). The number of aromatic nitrogens is 1. The summed E-state index contributed by atoms with van der Waals surface area (Å²) in [5.41, 5.74) is 0.466. The smallest absolute Gasteiger partial charge is 0.403 e. The van der Waals surface area contributed by atoms with E-state index in [4.69, 9.17) is 0 Å². The number of pyridine rings is 1. The average molecular weight is 410 g/mol. The van der Waals surface area contributed by atoms with Gasteiger partial charge in [0.2, 0.25) is 0 Å². The first-order valence-corrected chi connectivity index (χ1v) is 6.03. The molecule has 1 heterocycles. The molecule has 1 aromatic rings. The molecule has 0 amide bonds. The normalized spacial score (nSPS) is 11.3. The van der Waals surface area contributed by atoms with Crippen LogP contribution in [0.3, 0.4) is 0 Å². The molecule has 0 aliphatic carbocycles. The Kier molecular flexibility index (Phi) is 4.53. The zero-order valence-electron chi connectivity index (χ0n) is 7.52. The Morgan fingerprint density at radius 3 is 2.62 bits per heavy atom. The lowest BCUT2D eigenvalue weighted by Crippen LogP contribution is -2.18. The molecule has 88 valence electrons. The number of carbonyl (C=O) groups is 1. The summed E-state index contributed by atoms with van der Waals surface area (Å²) in [6.07, 6.45) is -3.41. The maximum atomic E-state index is 12.0. The first-order valence-electron chi connectivity index (χ1n) is 3.83. The number of alkyl halides is 4. The number of halogens is 5. The Hall–Kier alpha value is -0.380. The first kappa shape index (κ1) is 13.7. The SMILES string of the molecule is O=Cc1ncc(OC(F)(F)F)c(I)c1CBr. The molecule has 0 unspecified atom stereocenters. The maximum Gasteiger partial charge on any atom is 0.573 e. The molecule has 0 aliphatic rings. The number of aldehydes is 1. The van der Waals surface area contributed by atoms with Crippen molar-refractivity contribution in [1.29, 1.82) is 0 Å². The molecule has 1 aromatic heterocycles. The maximum absolute atomic E-state index is 12.0. The van der Waals surface area contributed by atoms with Gasteiger partial charge in [0.15, 0.2) is 12.0 Å². The summed E-state index contributed by atoms with van der Waals surface area (Å²) >= 11 is 4.75. The predicted molar refractivity (Wildman–Crippen MR) is 61.7 cm³/mol. The van der Waals surface area contributed by atoms with Gasteiger partial charge in [-0.2, -0.15) is 0 Å². The highest BCUT2D eigenvalue weighted by molar-refractivity contribution is 14.1. The van der Waals surface area contributed by atoms with E-state index in [1.165, 1.54) is 0 Å². The molecular weight excluding hydrogens is 406 g/mol. The standard InChI is InChI=1S/C8H4BrF3INO2/c9-1-4-5(3-15)14-2-6(7(4)13)16-8(10,11)12/h2-3H,1H2. The van der Waals surface area contributed by atoms with Crippen LogP contribution in [-0.4, -0.2) is 17.6 Å². The molecular formula is C8H4BrF3INO2. The summed E-state index contributed by atoms with van der Waals surface area (Å²) in [5, 5.41) is 0.224. The van der Waals surface area contributed by atoms with Crippen LogP contribution in [0.5, 0.6) is 5.75 Å². The van der Waals surface area contributed by atoms with E-state index < -0.39 is 12.1 Å². The molecule has 0 bridgehead atoms. The molecule has 0 saturated heterocycles. The number of rotatable bonds is 3. The molecule has 0 aliphatic heterocycles. The van der Waals surface area contributed by atoms with Gasteiger partial charge in [-0.25, -0.2) is 4.98 Å². The highest BCUT2D eigenvalue weighted by Gasteiger charge is 2.32. The van der Waals surface area contributed by atoms with Gasteiger partial charge in [0.1, 0.15) is 5.69 Å². The third kappa shape index (κ3) is 3.30. The monoisotopic (exact) mass is 409 g/mol. The van der Waals surface area contributed by atoms with Crippen LogP contribution in [0.1, 0.15) is 16.1 Å². The molecule has 0 radical (unpaired) electrons. The summed E-state index contributed by atoms with van der Waals surface area (Å²) in [7, 11) is 0. The van der Waals surface area contributed by atoms with E-state index in [0.717, 1.165) is 6.20 Å². The van der Waals surface area contributed by atoms with Gasteiger partial charge in [-0.15, -0.1) is 13.2 Å². The Labute approximate surface area is 111 Å². The minimum atomic E-state index is -4.77. The highest BCUT2D eigenvalue weighted by Crippen LogP contribution is 2.31. The van der Waals surface area contributed by atoms with Crippen molar-refractivity contribution in [1.82, 2.24) is 4.98 Å². The summed E-state index contributed by atoms with van der Waals surface area (Å²) < 4.78 is 40.0. The van der Waals surface area contributed by atoms with Crippen LogP contribution in [0, 0.1) is 3.57 Å². The first-order chi connectivity index (χ1) is 7.39. The molecule has 0 N–H and O–H groups in total. The molecule has 0 atom stereocenters. The van der Waals surface area contributed by atoms with Gasteiger partial charge in [-0.1, -0.05) is 15.9 Å². The van der Waals surface area contributed by atoms with Gasteiger partial charge >= 0.3 is 6.36 Å². The van der Waals surface area contributed by atoms with Gasteiger partial charge in [0, 0.05) is 10.9 Å². The van der Waals surface area contributed by atoms with E-state index in [0.29, 0.717) is 11.8 Å². The second kappa shape index (κ2) is 5.30. The second-order valence-electron chi connectivity index (χ2n) is 2.60. The van der Waals surface area contributed by atoms with Crippen LogP contribution < -0.4 is 4.74 Å². The third-order valence-corrected chi connectivity index (χ3v) is 3.33. The average Bonchev–Trinajstić information content (AvgIpc) is 2.19. The van der Waals surface area contributed by atoms with Gasteiger partial charge in [-0.05, 0) is 22.6 Å². The molecule has 8 heteroatoms. The van der Waals surface area contributed by atoms with Crippen LogP contribution in [0.4, 0.5) is 13.2 Å². The fraction of sp³-hybridized carbons (Fsp3) is 0.250. The molecule has 3 nitrogen and oxygen atoms in total. The van der Waals surface area contributed by atoms with Crippen molar-refractivity contribution in [3.8, 4) is 5.75 Å². The van der Waals surface area contributed by atoms with Crippen LogP contribution >= 0.6 is 38.5 Å². The minimum Gasteiger partial charge on any atom is -0.403 e. The molecule has 16 heavy (non-hydrogen) atoms. The van der Waals surface area contributed by atoms with Crippen LogP contribution in [0.25, 0.3) is 0 Å². The Morgan fingerprint density at radius 1 is 1.56 bits per heavy atom. The van der Waals surface area contributed by atoms with Gasteiger partial charge < -0.3 is 4.74 Å². The fourth-order valence-electron chi connectivity index (χ4n) is 0.948. The van der Waals surface area contributed by atoms with Crippen molar-refractivity contribution in [2.45, 2.75) is 11.7 Å². The van der Waals surface area contributed by atoms with Gasteiger partial charge in [-0.3, -0.25) is 4.79 Å². The minimum absolute atomic E-state index is 0.0933. The summed E-state index contributed by atoms with van der Waals surface area (Å²) in [6, 6.07) is 0. The quantitative estimate of drug-likeness (QED) is 0.437. The molecule has 0 aromatic carbocycles. The van der Waals surface area contributed by atoms with Crippen molar-refractivity contribution >= 4 is 44.8 Å². The lowest BCUT2D eigenvalue weighted by Gasteiger charge is -2.12. The van der Waals surface area contributed by atoms with E-state index in [2.05, 4.69) is 25.7 Å². The zero-order valence-corrected chi connectivity index (χ0v) is 11.3. The highest BCUT2D eigenvalue weighted by atomic mass is 127. The number of hydrogen-bond acceptors (Lipinski definition) is 3. The summed E-state index contributed by atoms with van der Waals surface area (Å²) in [5.74, 6) is -0.409. The number of ether oxygens (including phenoxy) is 1. The Balaban J connectivity index is 3.19. The largest absolute Gasteiger partial charge is 0.573 e. The van der Waals surface area contributed by atoms with E-state index in [1.54, 1.807) is 22.6 Å². The van der Waals surface area contributed by atoms with Crippen molar-refractivity contribution in [3.63, 3.8) is 0 Å². The second-order valence-corrected chi connectivity index (χ2v) is 4.24. The molecule has 0 spiro atoms. The van der Waals surface area contributed by atoms with Crippen molar-refractivity contribution in [2.24, 2.45) is 0 Å². The van der Waals surface area contributed by atoms with E-state index >= 15 is 0 Å². The number of carbonyl (C=O) groups excluding carboxylic acids is 1. The van der Waals surface area contributed by atoms with Gasteiger partial charge in [0.05, 0.1) is 9.77 Å². The Bertz CT molecular complexity index is 411. The fourth-order valence-corrected chi connectivity index (χ4v) is 2.76. The van der Waals surface area contributed by atoms with E-state index in [9.17, 15) is 18.0 Å². The van der Waals surface area contributed by atoms with Crippen LogP contribution in [0.2, 0.25) is 0 Å². The molecule has 0 fully saturated rings. The zero-order chi connectivity index (χ0) is 12.3. The summed E-state index contributed by atoms with van der Waals surface area (Å²) in [4.78, 5) is 14.2. The van der Waals surface area contributed by atoms with Crippen molar-refractivity contribution < 1.29 is 22.7 Å². The molecule has 0 saturated carbocycles. The topological polar surface area (TPSA) is 39.2 Å². The van der Waals surface area contributed by atoms with E-state index in [-0.39, 0.29) is 14.6 Å². The van der Waals surface area contributed by atoms with Crippen LogP contribution in [-0.2, 0) is 5.33 Å². The number of hydrogen-bond donors (Lipinski definition) is 0. The lowest BCUT2D eigenvalue weighted by molar-refractivity contribution is -0.275. The van der Waals surface area contributed by atoms with Crippen molar-refractivity contribution in [3.05, 3.63) is 21.0 Å². The Morgan fingerprint density at radius 2 is 2.19 bits per heavy atom. The third-order valence-electron chi connectivity index (χ3n) is 1.58.